The van der Waals surface area contributed by atoms with Crippen LogP contribution in [0.25, 0.3) is 0 Å². The maximum Gasteiger partial charge on any atom is 0.330 e. The number of carbonyl (C=O) groups is 3. The van der Waals surface area contributed by atoms with Crippen molar-refractivity contribution in [3.05, 3.63) is 37.0 Å². The molecule has 0 aliphatic rings. The summed E-state index contributed by atoms with van der Waals surface area (Å²) in [7, 11) is 0. The SMILES string of the molecule is C=CC(=O)OC(C)C(CSC(=O)C=CC)SC(=O)C=CC. The van der Waals surface area contributed by atoms with E-state index in [-0.39, 0.29) is 15.5 Å². The van der Waals surface area contributed by atoms with Crippen molar-refractivity contribution in [1.82, 2.24) is 0 Å². The van der Waals surface area contributed by atoms with Gasteiger partial charge in [-0.25, -0.2) is 4.79 Å². The smallest absolute Gasteiger partial charge is 0.330 e. The molecule has 0 radical (unpaired) electrons. The predicted octanol–water partition coefficient (Wildman–Crippen LogP) is 3.14. The summed E-state index contributed by atoms with van der Waals surface area (Å²) in [5.41, 5.74) is 0. The first kappa shape index (κ1) is 19.7. The highest BCUT2D eigenvalue weighted by atomic mass is 32.2. The minimum atomic E-state index is -0.545. The van der Waals surface area contributed by atoms with Gasteiger partial charge in [-0.1, -0.05) is 42.3 Å². The van der Waals surface area contributed by atoms with Gasteiger partial charge in [-0.2, -0.15) is 0 Å². The molecule has 0 aliphatic carbocycles. The molecule has 0 N–H and O–H groups in total. The third-order valence-corrected chi connectivity index (χ3v) is 4.63. The number of carbonyl (C=O) groups excluding carboxylic acids is 3. The molecule has 2 unspecified atom stereocenters. The first-order chi connectivity index (χ1) is 9.94. The topological polar surface area (TPSA) is 60.4 Å². The van der Waals surface area contributed by atoms with Gasteiger partial charge < -0.3 is 4.74 Å². The maximum atomic E-state index is 11.7. The molecule has 0 aromatic rings. The zero-order valence-corrected chi connectivity index (χ0v) is 14.0. The standard InChI is InChI=1S/C15H20O4S2/c1-5-8-14(17)20-10-12(21-15(18)9-6-2)11(4)19-13(16)7-3/h5-9,11-12H,3,10H2,1-2,4H3. The second-order valence-electron chi connectivity index (χ2n) is 3.95. The fourth-order valence-corrected chi connectivity index (χ4v) is 3.31. The Morgan fingerprint density at radius 3 is 2.24 bits per heavy atom. The van der Waals surface area contributed by atoms with Gasteiger partial charge in [-0.05, 0) is 32.9 Å². The number of ether oxygens (including phenoxy) is 1. The minimum absolute atomic E-state index is 0.0937. The average Bonchev–Trinajstić information content (AvgIpc) is 2.43. The van der Waals surface area contributed by atoms with E-state index in [1.807, 2.05) is 0 Å². The molecular formula is C15H20O4S2. The van der Waals surface area contributed by atoms with Gasteiger partial charge in [-0.3, -0.25) is 9.59 Å². The van der Waals surface area contributed by atoms with Crippen molar-refractivity contribution in [3.63, 3.8) is 0 Å². The van der Waals surface area contributed by atoms with Crippen LogP contribution in [0.5, 0.6) is 0 Å². The number of esters is 1. The van der Waals surface area contributed by atoms with E-state index in [4.69, 9.17) is 4.74 Å². The van der Waals surface area contributed by atoms with Crippen molar-refractivity contribution < 1.29 is 19.1 Å². The zero-order valence-electron chi connectivity index (χ0n) is 12.4. The fraction of sp³-hybridized carbons (Fsp3) is 0.400. The molecular weight excluding hydrogens is 308 g/mol. The lowest BCUT2D eigenvalue weighted by atomic mass is 10.3. The molecule has 0 saturated heterocycles. The lowest BCUT2D eigenvalue weighted by molar-refractivity contribution is -0.142. The molecule has 0 rings (SSSR count). The first-order valence-electron chi connectivity index (χ1n) is 6.40. The molecule has 0 amide bonds. The molecule has 2 atom stereocenters. The molecule has 0 aromatic carbocycles. The van der Waals surface area contributed by atoms with E-state index < -0.39 is 12.1 Å². The third kappa shape index (κ3) is 9.31. The highest BCUT2D eigenvalue weighted by molar-refractivity contribution is 8.17. The normalized spacial score (nSPS) is 14.0. The summed E-state index contributed by atoms with van der Waals surface area (Å²) in [5.74, 6) is -0.167. The Hall–Kier alpha value is -1.27. The lowest BCUT2D eigenvalue weighted by Gasteiger charge is -2.21. The zero-order chi connectivity index (χ0) is 16.3. The van der Waals surface area contributed by atoms with Gasteiger partial charge in [0.15, 0.2) is 0 Å². The number of hydrogen-bond donors (Lipinski definition) is 0. The van der Waals surface area contributed by atoms with E-state index in [9.17, 15) is 14.4 Å². The van der Waals surface area contributed by atoms with Crippen LogP contribution in [0.2, 0.25) is 0 Å². The summed E-state index contributed by atoms with van der Waals surface area (Å²) in [6.07, 6.45) is 6.78. The quantitative estimate of drug-likeness (QED) is 0.504. The van der Waals surface area contributed by atoms with Crippen molar-refractivity contribution in [1.29, 1.82) is 0 Å². The average molecular weight is 328 g/mol. The van der Waals surface area contributed by atoms with Crippen LogP contribution >= 0.6 is 23.5 Å². The molecule has 116 valence electrons. The number of thioether (sulfide) groups is 2. The largest absolute Gasteiger partial charge is 0.458 e. The second kappa shape index (κ2) is 11.4. The van der Waals surface area contributed by atoms with E-state index in [1.165, 1.54) is 12.2 Å². The van der Waals surface area contributed by atoms with Crippen LogP contribution in [0.15, 0.2) is 37.0 Å². The Labute approximate surface area is 134 Å². The molecule has 0 aromatic heterocycles. The molecule has 0 aliphatic heterocycles. The Morgan fingerprint density at radius 1 is 1.14 bits per heavy atom. The summed E-state index contributed by atoms with van der Waals surface area (Å²) in [6.45, 7) is 8.54. The van der Waals surface area contributed by atoms with Gasteiger partial charge in [0.05, 0.1) is 5.25 Å². The maximum absolute atomic E-state index is 11.7. The summed E-state index contributed by atoms with van der Waals surface area (Å²) in [4.78, 5) is 34.4. The minimum Gasteiger partial charge on any atom is -0.458 e. The van der Waals surface area contributed by atoms with Crippen LogP contribution in [-0.4, -0.2) is 33.3 Å². The molecule has 0 fully saturated rings. The molecule has 0 heterocycles. The Morgan fingerprint density at radius 2 is 1.71 bits per heavy atom. The van der Waals surface area contributed by atoms with Crippen LogP contribution in [0.1, 0.15) is 20.8 Å². The summed E-state index contributed by atoms with van der Waals surface area (Å²) in [5, 5.41) is -0.538. The Kier molecular flexibility index (Phi) is 10.7. The molecule has 6 heteroatoms. The van der Waals surface area contributed by atoms with Crippen LogP contribution in [-0.2, 0) is 19.1 Å². The van der Waals surface area contributed by atoms with Crippen molar-refractivity contribution in [2.75, 3.05) is 5.75 Å². The van der Waals surface area contributed by atoms with Crippen LogP contribution < -0.4 is 0 Å². The van der Waals surface area contributed by atoms with Gasteiger partial charge >= 0.3 is 5.97 Å². The summed E-state index contributed by atoms with van der Waals surface area (Å²) < 4.78 is 5.14. The Balaban J connectivity index is 4.73. The second-order valence-corrected chi connectivity index (χ2v) is 6.22. The molecule has 0 spiro atoms. The monoisotopic (exact) mass is 328 g/mol. The van der Waals surface area contributed by atoms with Crippen molar-refractivity contribution >= 4 is 39.7 Å². The molecule has 0 bridgehead atoms. The van der Waals surface area contributed by atoms with Crippen LogP contribution in [0.4, 0.5) is 0 Å². The van der Waals surface area contributed by atoms with E-state index in [0.29, 0.717) is 5.75 Å². The van der Waals surface area contributed by atoms with Gasteiger partial charge in [0.25, 0.3) is 0 Å². The van der Waals surface area contributed by atoms with Gasteiger partial charge in [0.1, 0.15) is 6.10 Å². The van der Waals surface area contributed by atoms with Crippen LogP contribution in [0.3, 0.4) is 0 Å². The van der Waals surface area contributed by atoms with Gasteiger partial charge in [0.2, 0.25) is 10.2 Å². The number of allylic oxidation sites excluding steroid dienone is 2. The molecule has 4 nitrogen and oxygen atoms in total. The molecule has 0 saturated carbocycles. The van der Waals surface area contributed by atoms with E-state index >= 15 is 0 Å². The van der Waals surface area contributed by atoms with Gasteiger partial charge in [0, 0.05) is 11.8 Å². The first-order valence-corrected chi connectivity index (χ1v) is 8.26. The highest BCUT2D eigenvalue weighted by Gasteiger charge is 2.24. The molecule has 21 heavy (non-hydrogen) atoms. The van der Waals surface area contributed by atoms with E-state index in [0.717, 1.165) is 29.6 Å². The highest BCUT2D eigenvalue weighted by Crippen LogP contribution is 2.24. The lowest BCUT2D eigenvalue weighted by Crippen LogP contribution is -2.29. The number of hydrogen-bond acceptors (Lipinski definition) is 6. The van der Waals surface area contributed by atoms with Crippen molar-refractivity contribution in [3.8, 4) is 0 Å². The van der Waals surface area contributed by atoms with E-state index in [1.54, 1.807) is 32.9 Å². The summed E-state index contributed by atoms with van der Waals surface area (Å²) in [6, 6.07) is 0. The fourth-order valence-electron chi connectivity index (χ4n) is 1.25. The number of rotatable bonds is 8. The van der Waals surface area contributed by atoms with Gasteiger partial charge in [-0.15, -0.1) is 0 Å². The predicted molar refractivity (Wildman–Crippen MR) is 89.2 cm³/mol. The third-order valence-electron chi connectivity index (χ3n) is 2.26. The summed E-state index contributed by atoms with van der Waals surface area (Å²) >= 11 is 2.15. The Bertz CT molecular complexity index is 441. The van der Waals surface area contributed by atoms with E-state index in [2.05, 4.69) is 6.58 Å². The van der Waals surface area contributed by atoms with Crippen molar-refractivity contribution in [2.45, 2.75) is 32.1 Å². The van der Waals surface area contributed by atoms with Crippen molar-refractivity contribution in [2.24, 2.45) is 0 Å². The van der Waals surface area contributed by atoms with Crippen LogP contribution in [0, 0.1) is 0 Å².